The van der Waals surface area contributed by atoms with Crippen LogP contribution in [0.15, 0.2) is 48.5 Å². The van der Waals surface area contributed by atoms with E-state index >= 15 is 0 Å². The Kier molecular flexibility index (Phi) is 6.41. The Morgan fingerprint density at radius 3 is 2.68 bits per heavy atom. The fourth-order valence-corrected chi connectivity index (χ4v) is 3.70. The van der Waals surface area contributed by atoms with E-state index in [1.165, 1.54) is 12.1 Å². The predicted octanol–water partition coefficient (Wildman–Crippen LogP) is 2.75. The second kappa shape index (κ2) is 8.97. The summed E-state index contributed by atoms with van der Waals surface area (Å²) in [7, 11) is 1.57. The van der Waals surface area contributed by atoms with E-state index in [1.54, 1.807) is 24.1 Å². The lowest BCUT2D eigenvalue weighted by Crippen LogP contribution is -2.37. The largest absolute Gasteiger partial charge is 0.383 e. The van der Waals surface area contributed by atoms with Crippen molar-refractivity contribution < 1.29 is 18.7 Å². The Morgan fingerprint density at radius 1 is 1.18 bits per heavy atom. The van der Waals surface area contributed by atoms with Crippen molar-refractivity contribution in [2.75, 3.05) is 33.4 Å². The Morgan fingerprint density at radius 2 is 1.96 bits per heavy atom. The van der Waals surface area contributed by atoms with Gasteiger partial charge in [0.1, 0.15) is 5.82 Å². The SMILES string of the molecule is COCCNC(=O)[C@H]1CN(C(=O)c2ccccc2C)C[C@H]1c1cccc(F)c1. The molecule has 6 heteroatoms. The van der Waals surface area contributed by atoms with Crippen LogP contribution in [-0.2, 0) is 9.53 Å². The second-order valence-corrected chi connectivity index (χ2v) is 7.08. The van der Waals surface area contributed by atoms with Crippen LogP contribution >= 0.6 is 0 Å². The highest BCUT2D eigenvalue weighted by Gasteiger charge is 2.40. The first-order valence-corrected chi connectivity index (χ1v) is 9.38. The molecule has 1 fully saturated rings. The molecule has 1 saturated heterocycles. The summed E-state index contributed by atoms with van der Waals surface area (Å²) in [5, 5.41) is 2.85. The van der Waals surface area contributed by atoms with Gasteiger partial charge in [-0.3, -0.25) is 9.59 Å². The van der Waals surface area contributed by atoms with Crippen LogP contribution in [0.4, 0.5) is 4.39 Å². The molecule has 2 aromatic rings. The van der Waals surface area contributed by atoms with Gasteiger partial charge in [0.05, 0.1) is 12.5 Å². The summed E-state index contributed by atoms with van der Waals surface area (Å²) in [5.41, 5.74) is 2.25. The Balaban J connectivity index is 1.84. The van der Waals surface area contributed by atoms with Crippen molar-refractivity contribution >= 4 is 11.8 Å². The van der Waals surface area contributed by atoms with Crippen molar-refractivity contribution in [1.29, 1.82) is 0 Å². The van der Waals surface area contributed by atoms with Gasteiger partial charge in [0.2, 0.25) is 5.91 Å². The molecule has 0 aliphatic carbocycles. The minimum atomic E-state index is -0.438. The molecule has 2 aromatic carbocycles. The molecular weight excluding hydrogens is 359 g/mol. The summed E-state index contributed by atoms with van der Waals surface area (Å²) in [5.74, 6) is -1.30. The first kappa shape index (κ1) is 20.0. The Hall–Kier alpha value is -2.73. The van der Waals surface area contributed by atoms with E-state index in [0.29, 0.717) is 31.8 Å². The minimum absolute atomic E-state index is 0.105. The maximum atomic E-state index is 13.8. The molecule has 0 bridgehead atoms. The van der Waals surface area contributed by atoms with Crippen LogP contribution in [0.1, 0.15) is 27.4 Å². The molecule has 0 aromatic heterocycles. The quantitative estimate of drug-likeness (QED) is 0.779. The first-order valence-electron chi connectivity index (χ1n) is 9.38. The smallest absolute Gasteiger partial charge is 0.254 e. The van der Waals surface area contributed by atoms with Crippen LogP contribution in [0.25, 0.3) is 0 Å². The van der Waals surface area contributed by atoms with Gasteiger partial charge in [-0.2, -0.15) is 0 Å². The van der Waals surface area contributed by atoms with Gasteiger partial charge in [-0.1, -0.05) is 30.3 Å². The van der Waals surface area contributed by atoms with E-state index in [1.807, 2.05) is 31.2 Å². The van der Waals surface area contributed by atoms with Crippen LogP contribution in [0, 0.1) is 18.7 Å². The first-order chi connectivity index (χ1) is 13.5. The van der Waals surface area contributed by atoms with Crippen molar-refractivity contribution in [3.8, 4) is 0 Å². The van der Waals surface area contributed by atoms with Gasteiger partial charge in [-0.25, -0.2) is 4.39 Å². The molecule has 1 N–H and O–H groups in total. The molecule has 2 amide bonds. The molecular formula is C22H25FN2O3. The lowest BCUT2D eigenvalue weighted by atomic mass is 9.88. The molecule has 0 unspecified atom stereocenters. The number of likely N-dealkylation sites (tertiary alicyclic amines) is 1. The highest BCUT2D eigenvalue weighted by molar-refractivity contribution is 5.96. The van der Waals surface area contributed by atoms with Crippen molar-refractivity contribution in [3.05, 3.63) is 71.0 Å². The number of carbonyl (C=O) groups excluding carboxylic acids is 2. The zero-order valence-electron chi connectivity index (χ0n) is 16.2. The number of amides is 2. The zero-order valence-corrected chi connectivity index (χ0v) is 16.2. The number of hydrogen-bond donors (Lipinski definition) is 1. The van der Waals surface area contributed by atoms with E-state index < -0.39 is 5.92 Å². The summed E-state index contributed by atoms with van der Waals surface area (Å²) >= 11 is 0. The summed E-state index contributed by atoms with van der Waals surface area (Å²) in [6, 6.07) is 13.7. The van der Waals surface area contributed by atoms with E-state index in [4.69, 9.17) is 4.74 Å². The molecule has 3 rings (SSSR count). The van der Waals surface area contributed by atoms with Crippen molar-refractivity contribution in [2.45, 2.75) is 12.8 Å². The van der Waals surface area contributed by atoms with Gasteiger partial charge >= 0.3 is 0 Å². The van der Waals surface area contributed by atoms with Crippen LogP contribution in [0.2, 0.25) is 0 Å². The van der Waals surface area contributed by atoms with E-state index in [2.05, 4.69) is 5.32 Å². The highest BCUT2D eigenvalue weighted by Crippen LogP contribution is 2.34. The molecule has 5 nitrogen and oxygen atoms in total. The number of aryl methyl sites for hydroxylation is 1. The third-order valence-electron chi connectivity index (χ3n) is 5.20. The molecule has 148 valence electrons. The highest BCUT2D eigenvalue weighted by atomic mass is 19.1. The number of rotatable bonds is 6. The summed E-state index contributed by atoms with van der Waals surface area (Å²) in [6.07, 6.45) is 0. The van der Waals surface area contributed by atoms with Crippen LogP contribution < -0.4 is 5.32 Å². The topological polar surface area (TPSA) is 58.6 Å². The fourth-order valence-electron chi connectivity index (χ4n) is 3.70. The maximum Gasteiger partial charge on any atom is 0.254 e. The molecule has 0 spiro atoms. The van der Waals surface area contributed by atoms with Crippen molar-refractivity contribution in [1.82, 2.24) is 10.2 Å². The van der Waals surface area contributed by atoms with Crippen molar-refractivity contribution in [3.63, 3.8) is 0 Å². The standard InChI is InChI=1S/C22H25FN2O3/c1-15-6-3-4-9-18(15)22(27)25-13-19(16-7-5-8-17(23)12-16)20(14-25)21(26)24-10-11-28-2/h3-9,12,19-20H,10-11,13-14H2,1-2H3,(H,24,26)/t19-,20-/m0/s1. The number of nitrogens with one attached hydrogen (secondary N) is 1. The molecule has 1 aliphatic heterocycles. The molecule has 1 heterocycles. The van der Waals surface area contributed by atoms with Gasteiger partial charge in [0.15, 0.2) is 0 Å². The predicted molar refractivity (Wildman–Crippen MR) is 105 cm³/mol. The van der Waals surface area contributed by atoms with Crippen LogP contribution in [-0.4, -0.2) is 50.1 Å². The van der Waals surface area contributed by atoms with Gasteiger partial charge in [0.25, 0.3) is 5.91 Å². The number of ether oxygens (including phenoxy) is 1. The fraction of sp³-hybridized carbons (Fsp3) is 0.364. The number of benzene rings is 2. The van der Waals surface area contributed by atoms with Crippen LogP contribution in [0.5, 0.6) is 0 Å². The average Bonchev–Trinajstić information content (AvgIpc) is 3.13. The molecule has 0 saturated carbocycles. The van der Waals surface area contributed by atoms with Gasteiger partial charge in [-0.15, -0.1) is 0 Å². The lowest BCUT2D eigenvalue weighted by molar-refractivity contribution is -0.125. The monoisotopic (exact) mass is 384 g/mol. The number of methoxy groups -OCH3 is 1. The normalized spacial score (nSPS) is 18.9. The molecule has 0 radical (unpaired) electrons. The summed E-state index contributed by atoms with van der Waals surface area (Å²) in [6.45, 7) is 3.37. The molecule has 2 atom stereocenters. The van der Waals surface area contributed by atoms with Crippen LogP contribution in [0.3, 0.4) is 0 Å². The Labute approximate surface area is 164 Å². The summed E-state index contributed by atoms with van der Waals surface area (Å²) in [4.78, 5) is 27.5. The van der Waals surface area contributed by atoms with Gasteiger partial charge in [0, 0.05) is 38.2 Å². The second-order valence-electron chi connectivity index (χ2n) is 7.08. The number of halogens is 1. The third kappa shape index (κ3) is 4.39. The van der Waals surface area contributed by atoms with Gasteiger partial charge in [-0.05, 0) is 36.2 Å². The Bertz CT molecular complexity index is 855. The van der Waals surface area contributed by atoms with E-state index in [0.717, 1.165) is 11.1 Å². The average molecular weight is 384 g/mol. The zero-order chi connectivity index (χ0) is 20.1. The van der Waals surface area contributed by atoms with E-state index in [-0.39, 0.29) is 23.5 Å². The van der Waals surface area contributed by atoms with Gasteiger partial charge < -0.3 is 15.0 Å². The van der Waals surface area contributed by atoms with Crippen molar-refractivity contribution in [2.24, 2.45) is 5.92 Å². The number of carbonyl (C=O) groups is 2. The van der Waals surface area contributed by atoms with E-state index in [9.17, 15) is 14.0 Å². The number of nitrogens with zero attached hydrogens (tertiary/aromatic N) is 1. The minimum Gasteiger partial charge on any atom is -0.383 e. The summed E-state index contributed by atoms with van der Waals surface area (Å²) < 4.78 is 18.8. The third-order valence-corrected chi connectivity index (χ3v) is 5.20. The molecule has 1 aliphatic rings. The molecule has 28 heavy (non-hydrogen) atoms. The lowest BCUT2D eigenvalue weighted by Gasteiger charge is -2.18. The number of hydrogen-bond acceptors (Lipinski definition) is 3. The maximum absolute atomic E-state index is 13.8.